The summed E-state index contributed by atoms with van der Waals surface area (Å²) < 4.78 is 15.1. The normalized spacial score (nSPS) is 10.6. The second-order valence-corrected chi connectivity index (χ2v) is 4.58. The molecule has 0 radical (unpaired) electrons. The summed E-state index contributed by atoms with van der Waals surface area (Å²) >= 11 is 0. The Labute approximate surface area is 139 Å². The molecule has 0 saturated heterocycles. The first-order valence-electron chi connectivity index (χ1n) is 7.47. The second kappa shape index (κ2) is 8.52. The molecule has 1 heterocycles. The average molecular weight is 330 g/mol. The van der Waals surface area contributed by atoms with Crippen molar-refractivity contribution in [3.8, 4) is 5.75 Å². The van der Waals surface area contributed by atoms with Gasteiger partial charge in [-0.15, -0.1) is 0 Å². The summed E-state index contributed by atoms with van der Waals surface area (Å²) in [5.74, 6) is -0.266. The van der Waals surface area contributed by atoms with Crippen LogP contribution in [0.15, 0.2) is 41.0 Å². The van der Waals surface area contributed by atoms with Crippen LogP contribution < -0.4 is 10.1 Å². The lowest BCUT2D eigenvalue weighted by atomic mass is 10.2. The fourth-order valence-electron chi connectivity index (χ4n) is 1.79. The van der Waals surface area contributed by atoms with E-state index in [2.05, 4.69) is 10.3 Å². The van der Waals surface area contributed by atoms with Gasteiger partial charge < -0.3 is 13.9 Å². The van der Waals surface area contributed by atoms with E-state index in [-0.39, 0.29) is 18.3 Å². The molecule has 0 spiro atoms. The highest BCUT2D eigenvalue weighted by Crippen LogP contribution is 2.13. The van der Waals surface area contributed by atoms with Gasteiger partial charge in [-0.3, -0.25) is 10.1 Å². The quantitative estimate of drug-likeness (QED) is 0.620. The molecule has 1 aromatic carbocycles. The number of esters is 1. The van der Waals surface area contributed by atoms with Crippen molar-refractivity contribution in [2.24, 2.45) is 0 Å². The Balaban J connectivity index is 1.91. The number of carbonyl (C=O) groups is 2. The minimum atomic E-state index is -0.605. The van der Waals surface area contributed by atoms with E-state index in [9.17, 15) is 9.59 Å². The van der Waals surface area contributed by atoms with Gasteiger partial charge in [-0.2, -0.15) is 4.98 Å². The van der Waals surface area contributed by atoms with Crippen LogP contribution in [0.4, 0.5) is 6.01 Å². The number of benzene rings is 1. The van der Waals surface area contributed by atoms with E-state index in [1.54, 1.807) is 13.0 Å². The summed E-state index contributed by atoms with van der Waals surface area (Å²) in [6, 6.07) is 7.23. The zero-order valence-corrected chi connectivity index (χ0v) is 13.4. The molecule has 0 atom stereocenters. The number of aromatic nitrogens is 1. The summed E-state index contributed by atoms with van der Waals surface area (Å²) in [5, 5.41) is 2.43. The van der Waals surface area contributed by atoms with E-state index in [0.29, 0.717) is 6.61 Å². The Kier molecular flexibility index (Phi) is 6.13. The van der Waals surface area contributed by atoms with Crippen LogP contribution in [0, 0.1) is 0 Å². The minimum absolute atomic E-state index is 0.00245. The molecule has 7 nitrogen and oxygen atoms in total. The number of nitrogens with zero attached hydrogens (tertiary/aromatic N) is 1. The van der Waals surface area contributed by atoms with Gasteiger partial charge in [0.2, 0.25) is 0 Å². The lowest BCUT2D eigenvalue weighted by Gasteiger charge is -2.02. The van der Waals surface area contributed by atoms with Crippen molar-refractivity contribution in [1.82, 2.24) is 4.98 Å². The Morgan fingerprint density at radius 3 is 2.62 bits per heavy atom. The number of rotatable bonds is 7. The fraction of sp³-hybridized carbons (Fsp3) is 0.235. The maximum Gasteiger partial charge on any atom is 0.360 e. The Morgan fingerprint density at radius 1 is 1.21 bits per heavy atom. The third kappa shape index (κ3) is 4.98. The largest absolute Gasteiger partial charge is 0.494 e. The third-order valence-corrected chi connectivity index (χ3v) is 2.84. The molecule has 0 aliphatic carbocycles. The summed E-state index contributed by atoms with van der Waals surface area (Å²) in [5.41, 5.74) is 0.843. The van der Waals surface area contributed by atoms with Crippen LogP contribution in [0.1, 0.15) is 29.9 Å². The number of anilines is 1. The van der Waals surface area contributed by atoms with Crippen LogP contribution in [-0.2, 0) is 9.53 Å². The van der Waals surface area contributed by atoms with E-state index >= 15 is 0 Å². The molecule has 0 saturated carbocycles. The average Bonchev–Trinajstić information content (AvgIpc) is 3.03. The Bertz CT molecular complexity index is 719. The molecule has 1 aromatic heterocycles. The van der Waals surface area contributed by atoms with E-state index in [0.717, 1.165) is 17.6 Å². The van der Waals surface area contributed by atoms with E-state index in [4.69, 9.17) is 13.9 Å². The van der Waals surface area contributed by atoms with Gasteiger partial charge in [0.25, 0.3) is 5.91 Å². The second-order valence-electron chi connectivity index (χ2n) is 4.58. The number of nitrogens with one attached hydrogen (secondary N) is 1. The number of hydrogen-bond donors (Lipinski definition) is 1. The van der Waals surface area contributed by atoms with Gasteiger partial charge in [0.15, 0.2) is 5.69 Å². The number of oxazole rings is 1. The molecule has 2 aromatic rings. The molecule has 0 unspecified atom stereocenters. The van der Waals surface area contributed by atoms with E-state index < -0.39 is 11.9 Å². The van der Waals surface area contributed by atoms with Gasteiger partial charge in [-0.25, -0.2) is 4.79 Å². The molecule has 0 fully saturated rings. The lowest BCUT2D eigenvalue weighted by Crippen LogP contribution is -2.09. The van der Waals surface area contributed by atoms with Crippen LogP contribution in [0.25, 0.3) is 6.08 Å². The zero-order valence-electron chi connectivity index (χ0n) is 13.4. The molecule has 0 bridgehead atoms. The minimum Gasteiger partial charge on any atom is -0.494 e. The highest BCUT2D eigenvalue weighted by molar-refractivity contribution is 6.01. The summed E-state index contributed by atoms with van der Waals surface area (Å²) in [6.07, 6.45) is 4.11. The predicted molar refractivity (Wildman–Crippen MR) is 87.7 cm³/mol. The first-order valence-corrected chi connectivity index (χ1v) is 7.47. The van der Waals surface area contributed by atoms with Crippen LogP contribution in [-0.4, -0.2) is 30.1 Å². The maximum absolute atomic E-state index is 11.8. The lowest BCUT2D eigenvalue weighted by molar-refractivity contribution is -0.112. The van der Waals surface area contributed by atoms with Crippen molar-refractivity contribution in [2.45, 2.75) is 13.8 Å². The van der Waals surface area contributed by atoms with Gasteiger partial charge >= 0.3 is 12.0 Å². The summed E-state index contributed by atoms with van der Waals surface area (Å²) in [6.45, 7) is 4.43. The number of ether oxygens (including phenoxy) is 2. The summed E-state index contributed by atoms with van der Waals surface area (Å²) in [4.78, 5) is 27.1. The molecular weight excluding hydrogens is 312 g/mol. The van der Waals surface area contributed by atoms with Crippen molar-refractivity contribution >= 4 is 24.0 Å². The first-order chi connectivity index (χ1) is 11.6. The van der Waals surface area contributed by atoms with Crippen LogP contribution >= 0.6 is 0 Å². The van der Waals surface area contributed by atoms with Gasteiger partial charge in [-0.05, 0) is 37.6 Å². The molecule has 2 rings (SSSR count). The van der Waals surface area contributed by atoms with Gasteiger partial charge in [0.1, 0.15) is 12.0 Å². The fourth-order valence-corrected chi connectivity index (χ4v) is 1.79. The number of amides is 1. The smallest absolute Gasteiger partial charge is 0.360 e. The molecule has 0 aliphatic heterocycles. The van der Waals surface area contributed by atoms with Crippen molar-refractivity contribution in [3.05, 3.63) is 47.9 Å². The van der Waals surface area contributed by atoms with Gasteiger partial charge in [-0.1, -0.05) is 12.1 Å². The van der Waals surface area contributed by atoms with Crippen LogP contribution in [0.3, 0.4) is 0 Å². The first kappa shape index (κ1) is 17.3. The topological polar surface area (TPSA) is 90.7 Å². The monoisotopic (exact) mass is 330 g/mol. The van der Waals surface area contributed by atoms with Gasteiger partial charge in [0.05, 0.1) is 13.2 Å². The van der Waals surface area contributed by atoms with Crippen LogP contribution in [0.2, 0.25) is 0 Å². The maximum atomic E-state index is 11.8. The number of carbonyl (C=O) groups excluding carboxylic acids is 2. The molecular formula is C17H18N2O5. The Morgan fingerprint density at radius 2 is 1.96 bits per heavy atom. The van der Waals surface area contributed by atoms with Gasteiger partial charge in [0, 0.05) is 6.08 Å². The molecule has 0 aliphatic rings. The molecule has 126 valence electrons. The molecule has 7 heteroatoms. The zero-order chi connectivity index (χ0) is 17.4. The van der Waals surface area contributed by atoms with Crippen molar-refractivity contribution in [3.63, 3.8) is 0 Å². The highest BCUT2D eigenvalue weighted by Gasteiger charge is 2.13. The predicted octanol–water partition coefficient (Wildman–Crippen LogP) is 2.90. The third-order valence-electron chi connectivity index (χ3n) is 2.84. The van der Waals surface area contributed by atoms with E-state index in [1.165, 1.54) is 6.08 Å². The highest BCUT2D eigenvalue weighted by atomic mass is 16.5. The Hall–Kier alpha value is -3.09. The molecule has 24 heavy (non-hydrogen) atoms. The molecule has 1 N–H and O–H groups in total. The standard InChI is InChI=1S/C17H18N2O5/c1-3-22-13-8-5-12(6-9-13)7-10-15(20)19-17-18-14(11-24-17)16(21)23-4-2/h5-11H,3-4H2,1-2H3,(H,18,19,20)/b10-7+. The molecule has 1 amide bonds. The van der Waals surface area contributed by atoms with Crippen LogP contribution in [0.5, 0.6) is 5.75 Å². The SMILES string of the molecule is CCOC(=O)c1coc(NC(=O)/C=C/c2ccc(OCC)cc2)n1. The summed E-state index contributed by atoms with van der Waals surface area (Å²) in [7, 11) is 0. The van der Waals surface area contributed by atoms with E-state index in [1.807, 2.05) is 31.2 Å². The number of hydrogen-bond acceptors (Lipinski definition) is 6. The van der Waals surface area contributed by atoms with Crippen molar-refractivity contribution in [1.29, 1.82) is 0 Å². The van der Waals surface area contributed by atoms with Crippen molar-refractivity contribution < 1.29 is 23.5 Å². The van der Waals surface area contributed by atoms with Crippen molar-refractivity contribution in [2.75, 3.05) is 18.5 Å².